The number of likely N-dealkylation sites (tertiary alicyclic amines) is 1. The smallest absolute Gasteiger partial charge is 0.0702 e. The number of piperidine rings is 1. The monoisotopic (exact) mass is 311 g/mol. The van der Waals surface area contributed by atoms with Gasteiger partial charge in [0.25, 0.3) is 0 Å². The van der Waals surface area contributed by atoms with Gasteiger partial charge in [-0.25, -0.2) is 0 Å². The van der Waals surface area contributed by atoms with Crippen molar-refractivity contribution in [3.63, 3.8) is 0 Å². The molecule has 1 aromatic rings. The average Bonchev–Trinajstić information content (AvgIpc) is 2.40. The van der Waals surface area contributed by atoms with E-state index in [1.54, 1.807) is 0 Å². The van der Waals surface area contributed by atoms with E-state index in [-0.39, 0.29) is 0 Å². The van der Waals surface area contributed by atoms with Crippen LogP contribution in [0.15, 0.2) is 28.7 Å². The van der Waals surface area contributed by atoms with Crippen molar-refractivity contribution in [3.8, 4) is 0 Å². The third-order valence-electron chi connectivity index (χ3n) is 3.37. The van der Waals surface area contributed by atoms with Crippen molar-refractivity contribution in [3.05, 3.63) is 34.3 Å². The SMILES string of the molecule is CCCOC1CCCN(Cc2ccccc2Br)C1. The first kappa shape index (κ1) is 14.0. The first-order chi connectivity index (χ1) is 8.79. The van der Waals surface area contributed by atoms with E-state index >= 15 is 0 Å². The number of benzene rings is 1. The fourth-order valence-electron chi connectivity index (χ4n) is 2.44. The van der Waals surface area contributed by atoms with E-state index in [9.17, 15) is 0 Å². The highest BCUT2D eigenvalue weighted by Gasteiger charge is 2.20. The second-order valence-corrected chi connectivity index (χ2v) is 5.82. The van der Waals surface area contributed by atoms with Crippen LogP contribution in [0, 0.1) is 0 Å². The number of hydrogen-bond acceptors (Lipinski definition) is 2. The Morgan fingerprint density at radius 2 is 2.22 bits per heavy atom. The van der Waals surface area contributed by atoms with Crippen LogP contribution in [0.4, 0.5) is 0 Å². The molecule has 0 bridgehead atoms. The molecule has 0 N–H and O–H groups in total. The van der Waals surface area contributed by atoms with Crippen molar-refractivity contribution in [2.75, 3.05) is 19.7 Å². The van der Waals surface area contributed by atoms with E-state index in [4.69, 9.17) is 4.74 Å². The van der Waals surface area contributed by atoms with Crippen LogP contribution in [0.5, 0.6) is 0 Å². The van der Waals surface area contributed by atoms with Gasteiger partial charge in [-0.3, -0.25) is 4.90 Å². The van der Waals surface area contributed by atoms with E-state index in [1.165, 1.54) is 29.4 Å². The lowest BCUT2D eigenvalue weighted by molar-refractivity contribution is -0.00227. The van der Waals surface area contributed by atoms with Gasteiger partial charge in [-0.05, 0) is 37.4 Å². The van der Waals surface area contributed by atoms with Crippen LogP contribution in [0.25, 0.3) is 0 Å². The molecular formula is C15H22BrNO. The first-order valence-electron chi connectivity index (χ1n) is 6.87. The van der Waals surface area contributed by atoms with Crippen molar-refractivity contribution < 1.29 is 4.74 Å². The molecule has 1 fully saturated rings. The summed E-state index contributed by atoms with van der Waals surface area (Å²) in [5, 5.41) is 0. The van der Waals surface area contributed by atoms with Gasteiger partial charge < -0.3 is 4.74 Å². The zero-order valence-corrected chi connectivity index (χ0v) is 12.7. The molecular weight excluding hydrogens is 290 g/mol. The molecule has 2 nitrogen and oxygen atoms in total. The summed E-state index contributed by atoms with van der Waals surface area (Å²) in [6, 6.07) is 8.48. The van der Waals surface area contributed by atoms with Gasteiger partial charge in [-0.2, -0.15) is 0 Å². The molecule has 2 rings (SSSR count). The molecule has 0 aromatic heterocycles. The van der Waals surface area contributed by atoms with Crippen molar-refractivity contribution in [2.24, 2.45) is 0 Å². The molecule has 1 heterocycles. The molecule has 1 atom stereocenters. The molecule has 1 aliphatic heterocycles. The Bertz CT molecular complexity index is 369. The molecule has 0 aliphatic carbocycles. The van der Waals surface area contributed by atoms with Crippen LogP contribution < -0.4 is 0 Å². The summed E-state index contributed by atoms with van der Waals surface area (Å²) in [5.41, 5.74) is 1.37. The molecule has 0 amide bonds. The summed E-state index contributed by atoms with van der Waals surface area (Å²) in [4.78, 5) is 2.50. The van der Waals surface area contributed by atoms with Gasteiger partial charge in [0, 0.05) is 24.2 Å². The van der Waals surface area contributed by atoms with Crippen LogP contribution in [0.2, 0.25) is 0 Å². The van der Waals surface area contributed by atoms with Crippen LogP contribution in [0.1, 0.15) is 31.7 Å². The number of hydrogen-bond donors (Lipinski definition) is 0. The molecule has 0 spiro atoms. The minimum Gasteiger partial charge on any atom is -0.377 e. The third-order valence-corrected chi connectivity index (χ3v) is 4.15. The van der Waals surface area contributed by atoms with Gasteiger partial charge in [0.1, 0.15) is 0 Å². The van der Waals surface area contributed by atoms with Crippen molar-refractivity contribution in [2.45, 2.75) is 38.8 Å². The molecule has 3 heteroatoms. The Kier molecular flexibility index (Phi) is 5.67. The Balaban J connectivity index is 1.87. The lowest BCUT2D eigenvalue weighted by atomic mass is 10.1. The normalized spacial score (nSPS) is 21.1. The standard InChI is InChI=1S/C15H22BrNO/c1-2-10-18-14-7-5-9-17(12-14)11-13-6-3-4-8-15(13)16/h3-4,6,8,14H,2,5,7,9-12H2,1H3. The summed E-state index contributed by atoms with van der Waals surface area (Å²) < 4.78 is 7.09. The fraction of sp³-hybridized carbons (Fsp3) is 0.600. The fourth-order valence-corrected chi connectivity index (χ4v) is 2.85. The highest BCUT2D eigenvalue weighted by Crippen LogP contribution is 2.21. The van der Waals surface area contributed by atoms with E-state index in [1.807, 2.05) is 0 Å². The van der Waals surface area contributed by atoms with Crippen LogP contribution in [0.3, 0.4) is 0 Å². The topological polar surface area (TPSA) is 12.5 Å². The summed E-state index contributed by atoms with van der Waals surface area (Å²) in [6.07, 6.45) is 4.01. The molecule has 1 aromatic carbocycles. The lowest BCUT2D eigenvalue weighted by Crippen LogP contribution is -2.39. The van der Waals surface area contributed by atoms with Crippen LogP contribution in [-0.2, 0) is 11.3 Å². The van der Waals surface area contributed by atoms with E-state index in [0.717, 1.165) is 26.1 Å². The summed E-state index contributed by atoms with van der Waals surface area (Å²) >= 11 is 3.62. The van der Waals surface area contributed by atoms with Crippen molar-refractivity contribution in [1.29, 1.82) is 0 Å². The zero-order chi connectivity index (χ0) is 12.8. The maximum Gasteiger partial charge on any atom is 0.0702 e. The number of halogens is 1. The van der Waals surface area contributed by atoms with Gasteiger partial charge in [0.05, 0.1) is 6.10 Å². The van der Waals surface area contributed by atoms with Gasteiger partial charge >= 0.3 is 0 Å². The number of nitrogens with zero attached hydrogens (tertiary/aromatic N) is 1. The van der Waals surface area contributed by atoms with E-state index in [0.29, 0.717) is 6.10 Å². The van der Waals surface area contributed by atoms with E-state index < -0.39 is 0 Å². The second-order valence-electron chi connectivity index (χ2n) is 4.96. The number of rotatable bonds is 5. The molecule has 1 saturated heterocycles. The predicted molar refractivity (Wildman–Crippen MR) is 78.7 cm³/mol. The summed E-state index contributed by atoms with van der Waals surface area (Å²) in [7, 11) is 0. The Hall–Kier alpha value is -0.380. The quantitative estimate of drug-likeness (QED) is 0.819. The summed E-state index contributed by atoms with van der Waals surface area (Å²) in [5.74, 6) is 0. The first-order valence-corrected chi connectivity index (χ1v) is 7.66. The highest BCUT2D eigenvalue weighted by molar-refractivity contribution is 9.10. The zero-order valence-electron chi connectivity index (χ0n) is 11.1. The van der Waals surface area contributed by atoms with Crippen molar-refractivity contribution in [1.82, 2.24) is 4.90 Å². The van der Waals surface area contributed by atoms with Crippen LogP contribution >= 0.6 is 15.9 Å². The Labute approximate surface area is 118 Å². The Morgan fingerprint density at radius 1 is 1.39 bits per heavy atom. The minimum atomic E-state index is 0.432. The van der Waals surface area contributed by atoms with Gasteiger partial charge in [0.2, 0.25) is 0 Å². The maximum atomic E-state index is 5.88. The predicted octanol–water partition coefficient (Wildman–Crippen LogP) is 3.84. The molecule has 18 heavy (non-hydrogen) atoms. The highest BCUT2D eigenvalue weighted by atomic mass is 79.9. The molecule has 0 radical (unpaired) electrons. The minimum absolute atomic E-state index is 0.432. The lowest BCUT2D eigenvalue weighted by Gasteiger charge is -2.32. The maximum absolute atomic E-state index is 5.88. The van der Waals surface area contributed by atoms with Crippen molar-refractivity contribution >= 4 is 15.9 Å². The van der Waals surface area contributed by atoms with Gasteiger partial charge in [-0.1, -0.05) is 41.1 Å². The summed E-state index contributed by atoms with van der Waals surface area (Å²) in [6.45, 7) is 6.34. The molecule has 100 valence electrons. The average molecular weight is 312 g/mol. The molecule has 1 unspecified atom stereocenters. The van der Waals surface area contributed by atoms with Gasteiger partial charge in [0.15, 0.2) is 0 Å². The number of ether oxygens (including phenoxy) is 1. The van der Waals surface area contributed by atoms with Crippen LogP contribution in [-0.4, -0.2) is 30.7 Å². The second kappa shape index (κ2) is 7.27. The Morgan fingerprint density at radius 3 is 3.00 bits per heavy atom. The third kappa shape index (κ3) is 4.08. The molecule has 1 aliphatic rings. The largest absolute Gasteiger partial charge is 0.377 e. The van der Waals surface area contributed by atoms with Gasteiger partial charge in [-0.15, -0.1) is 0 Å². The van der Waals surface area contributed by atoms with E-state index in [2.05, 4.69) is 52.0 Å². The molecule has 0 saturated carbocycles.